The zero-order chi connectivity index (χ0) is 17.1. The smallest absolute Gasteiger partial charge is 0.338 e. The average molecular weight is 328 g/mol. The number of para-hydroxylation sites is 2. The first kappa shape index (κ1) is 15.5. The number of benzene rings is 2. The molecular weight excluding hydrogens is 316 g/mol. The first-order valence-electron chi connectivity index (χ1n) is 6.92. The highest BCUT2D eigenvalue weighted by molar-refractivity contribution is 5.90. The molecule has 24 heavy (non-hydrogen) atoms. The number of nitro groups is 1. The summed E-state index contributed by atoms with van der Waals surface area (Å²) in [6, 6.07) is 11.0. The molecule has 0 saturated carbocycles. The number of hydrogen-bond donors (Lipinski definition) is 0. The lowest BCUT2D eigenvalue weighted by Crippen LogP contribution is -2.04. The van der Waals surface area contributed by atoms with Gasteiger partial charge < -0.3 is 13.9 Å². The van der Waals surface area contributed by atoms with Crippen molar-refractivity contribution in [1.82, 2.24) is 4.98 Å². The molecule has 3 aromatic rings. The summed E-state index contributed by atoms with van der Waals surface area (Å²) in [7, 11) is 1.20. The van der Waals surface area contributed by atoms with Gasteiger partial charge in [0.05, 0.1) is 17.6 Å². The van der Waals surface area contributed by atoms with Crippen LogP contribution in [-0.2, 0) is 11.3 Å². The summed E-state index contributed by atoms with van der Waals surface area (Å²) in [4.78, 5) is 26.2. The molecule has 8 heteroatoms. The number of methoxy groups -OCH3 is 1. The highest BCUT2D eigenvalue weighted by atomic mass is 16.6. The summed E-state index contributed by atoms with van der Waals surface area (Å²) < 4.78 is 15.5. The first-order valence-corrected chi connectivity index (χ1v) is 6.92. The molecule has 0 saturated heterocycles. The van der Waals surface area contributed by atoms with Crippen LogP contribution < -0.4 is 4.74 Å². The van der Waals surface area contributed by atoms with Gasteiger partial charge in [0.1, 0.15) is 5.52 Å². The molecule has 0 aliphatic rings. The van der Waals surface area contributed by atoms with E-state index in [4.69, 9.17) is 9.15 Å². The Balaban J connectivity index is 1.83. The van der Waals surface area contributed by atoms with Gasteiger partial charge in [0.2, 0.25) is 5.89 Å². The molecule has 0 amide bonds. The summed E-state index contributed by atoms with van der Waals surface area (Å²) in [5.74, 6) is -0.360. The van der Waals surface area contributed by atoms with Gasteiger partial charge in [-0.15, -0.1) is 0 Å². The maximum Gasteiger partial charge on any atom is 0.338 e. The summed E-state index contributed by atoms with van der Waals surface area (Å²) in [6.45, 7) is -0.0763. The fourth-order valence-electron chi connectivity index (χ4n) is 2.15. The molecule has 122 valence electrons. The second-order valence-corrected chi connectivity index (χ2v) is 4.80. The highest BCUT2D eigenvalue weighted by Gasteiger charge is 2.20. The van der Waals surface area contributed by atoms with Gasteiger partial charge in [-0.3, -0.25) is 10.1 Å². The zero-order valence-corrected chi connectivity index (χ0v) is 12.6. The Morgan fingerprint density at radius 1 is 1.29 bits per heavy atom. The van der Waals surface area contributed by atoms with Gasteiger partial charge in [-0.05, 0) is 24.3 Å². The number of carbonyl (C=O) groups excluding carboxylic acids is 1. The summed E-state index contributed by atoms with van der Waals surface area (Å²) in [6.07, 6.45) is 0. The van der Waals surface area contributed by atoms with Crippen molar-refractivity contribution in [3.05, 3.63) is 64.0 Å². The summed E-state index contributed by atoms with van der Waals surface area (Å²) in [5, 5.41) is 11.2. The monoisotopic (exact) mass is 328 g/mol. The number of rotatable bonds is 5. The van der Waals surface area contributed by atoms with E-state index < -0.39 is 10.9 Å². The fourth-order valence-corrected chi connectivity index (χ4v) is 2.15. The number of nitrogens with zero attached hydrogens (tertiary/aromatic N) is 2. The van der Waals surface area contributed by atoms with E-state index in [9.17, 15) is 14.9 Å². The molecule has 1 aromatic heterocycles. The van der Waals surface area contributed by atoms with Gasteiger partial charge in [0.15, 0.2) is 17.9 Å². The molecule has 0 radical (unpaired) electrons. The van der Waals surface area contributed by atoms with E-state index in [2.05, 4.69) is 9.72 Å². The number of esters is 1. The van der Waals surface area contributed by atoms with Crippen LogP contribution in [0, 0.1) is 10.1 Å². The van der Waals surface area contributed by atoms with Crippen LogP contribution in [0.15, 0.2) is 46.9 Å². The lowest BCUT2D eigenvalue weighted by molar-refractivity contribution is -0.386. The van der Waals surface area contributed by atoms with Gasteiger partial charge in [-0.2, -0.15) is 0 Å². The Kier molecular flexibility index (Phi) is 4.11. The Hall–Kier alpha value is -3.42. The second kappa shape index (κ2) is 6.37. The van der Waals surface area contributed by atoms with E-state index in [-0.39, 0.29) is 23.6 Å². The number of ether oxygens (including phenoxy) is 2. The minimum absolute atomic E-state index is 0.00918. The van der Waals surface area contributed by atoms with Crippen LogP contribution in [0.25, 0.3) is 11.1 Å². The molecule has 0 fully saturated rings. The molecule has 1 heterocycles. The highest BCUT2D eigenvalue weighted by Crippen LogP contribution is 2.29. The zero-order valence-electron chi connectivity index (χ0n) is 12.6. The van der Waals surface area contributed by atoms with Crippen LogP contribution in [0.1, 0.15) is 16.2 Å². The SMILES string of the molecule is COC(=O)c1ccc(OCc2nc3ccccc3o2)c([N+](=O)[O-])c1. The van der Waals surface area contributed by atoms with Crippen LogP contribution in [-0.4, -0.2) is 23.0 Å². The van der Waals surface area contributed by atoms with Crippen molar-refractivity contribution in [1.29, 1.82) is 0 Å². The number of aromatic nitrogens is 1. The van der Waals surface area contributed by atoms with Crippen LogP contribution in [0.5, 0.6) is 5.75 Å². The molecule has 0 bridgehead atoms. The van der Waals surface area contributed by atoms with Crippen molar-refractivity contribution in [2.45, 2.75) is 6.61 Å². The van der Waals surface area contributed by atoms with Gasteiger partial charge in [-0.1, -0.05) is 12.1 Å². The quantitative estimate of drug-likeness (QED) is 0.402. The number of nitro benzene ring substituents is 1. The molecule has 2 aromatic carbocycles. The van der Waals surface area contributed by atoms with E-state index in [0.29, 0.717) is 17.0 Å². The topological polar surface area (TPSA) is 105 Å². The largest absolute Gasteiger partial charge is 0.477 e. The molecule has 0 atom stereocenters. The third-order valence-corrected chi connectivity index (χ3v) is 3.27. The summed E-state index contributed by atoms with van der Waals surface area (Å²) >= 11 is 0. The third kappa shape index (κ3) is 3.02. The number of fused-ring (bicyclic) bond motifs is 1. The average Bonchev–Trinajstić information content (AvgIpc) is 3.02. The standard InChI is InChI=1S/C16H12N2O6/c1-22-16(19)10-6-7-14(12(8-10)18(20)21)23-9-15-17-11-4-2-3-5-13(11)24-15/h2-8H,9H2,1H3. The van der Waals surface area contributed by atoms with E-state index in [0.717, 1.165) is 6.07 Å². The van der Waals surface area contributed by atoms with Crippen LogP contribution >= 0.6 is 0 Å². The van der Waals surface area contributed by atoms with Gasteiger partial charge in [0.25, 0.3) is 0 Å². The minimum Gasteiger partial charge on any atom is -0.477 e. The molecule has 0 spiro atoms. The number of carbonyl (C=O) groups is 1. The fraction of sp³-hybridized carbons (Fsp3) is 0.125. The molecule has 3 rings (SSSR count). The van der Waals surface area contributed by atoms with Gasteiger partial charge in [0, 0.05) is 6.07 Å². The van der Waals surface area contributed by atoms with E-state index in [1.165, 1.54) is 19.2 Å². The van der Waals surface area contributed by atoms with E-state index >= 15 is 0 Å². The van der Waals surface area contributed by atoms with Crippen molar-refractivity contribution in [3.8, 4) is 5.75 Å². The Bertz CT molecular complexity index is 885. The van der Waals surface area contributed by atoms with Gasteiger partial charge >= 0.3 is 11.7 Å². The van der Waals surface area contributed by atoms with Crippen LogP contribution in [0.4, 0.5) is 5.69 Å². The molecule has 0 aliphatic carbocycles. The van der Waals surface area contributed by atoms with Crippen LogP contribution in [0.2, 0.25) is 0 Å². The number of hydrogen-bond acceptors (Lipinski definition) is 7. The lowest BCUT2D eigenvalue weighted by Gasteiger charge is -2.06. The van der Waals surface area contributed by atoms with Crippen molar-refractivity contribution in [3.63, 3.8) is 0 Å². The lowest BCUT2D eigenvalue weighted by atomic mass is 10.2. The predicted octanol–water partition coefficient (Wildman–Crippen LogP) is 3.10. The third-order valence-electron chi connectivity index (χ3n) is 3.27. The minimum atomic E-state index is -0.663. The van der Waals surface area contributed by atoms with Crippen LogP contribution in [0.3, 0.4) is 0 Å². The molecule has 0 N–H and O–H groups in total. The normalized spacial score (nSPS) is 10.5. The number of oxazole rings is 1. The molecule has 0 unspecified atom stereocenters. The van der Waals surface area contributed by atoms with Crippen molar-refractivity contribution in [2.24, 2.45) is 0 Å². The Morgan fingerprint density at radius 2 is 2.08 bits per heavy atom. The predicted molar refractivity (Wildman–Crippen MR) is 82.8 cm³/mol. The van der Waals surface area contributed by atoms with E-state index in [1.807, 2.05) is 12.1 Å². The molecular formula is C16H12N2O6. The first-order chi connectivity index (χ1) is 11.6. The summed E-state index contributed by atoms with van der Waals surface area (Å²) in [5.41, 5.74) is 1.01. The van der Waals surface area contributed by atoms with Gasteiger partial charge in [-0.25, -0.2) is 9.78 Å². The Morgan fingerprint density at radius 3 is 2.79 bits per heavy atom. The Labute approximate surface area is 135 Å². The maximum absolute atomic E-state index is 11.5. The maximum atomic E-state index is 11.5. The van der Waals surface area contributed by atoms with E-state index in [1.54, 1.807) is 12.1 Å². The molecule has 8 nitrogen and oxygen atoms in total. The van der Waals surface area contributed by atoms with Crippen molar-refractivity contribution < 1.29 is 23.6 Å². The van der Waals surface area contributed by atoms with Crippen molar-refractivity contribution >= 4 is 22.8 Å². The molecule has 0 aliphatic heterocycles. The van der Waals surface area contributed by atoms with Crippen molar-refractivity contribution in [2.75, 3.05) is 7.11 Å². The second-order valence-electron chi connectivity index (χ2n) is 4.80.